The Bertz CT molecular complexity index is 743. The Morgan fingerprint density at radius 3 is 2.52 bits per heavy atom. The number of non-ortho nitro benzene ring substituents is 1. The van der Waals surface area contributed by atoms with Crippen molar-refractivity contribution in [2.24, 2.45) is 0 Å². The van der Waals surface area contributed by atoms with E-state index in [0.29, 0.717) is 5.69 Å². The fourth-order valence-electron chi connectivity index (χ4n) is 2.70. The molecule has 1 saturated heterocycles. The first-order valence-electron chi connectivity index (χ1n) is 8.58. The van der Waals surface area contributed by atoms with Crippen molar-refractivity contribution in [3.63, 3.8) is 0 Å². The summed E-state index contributed by atoms with van der Waals surface area (Å²) in [6.07, 6.45) is 1.91. The summed E-state index contributed by atoms with van der Waals surface area (Å²) in [6.45, 7) is 4.24. The average Bonchev–Trinajstić information content (AvgIpc) is 3.12. The second-order valence-electron chi connectivity index (χ2n) is 6.41. The van der Waals surface area contributed by atoms with E-state index in [1.807, 2.05) is 10.2 Å². The summed E-state index contributed by atoms with van der Waals surface area (Å²) in [4.78, 5) is 47.9. The summed E-state index contributed by atoms with van der Waals surface area (Å²) in [5.41, 5.74) is 0.303. The highest BCUT2D eigenvalue weighted by Crippen LogP contribution is 2.28. The Morgan fingerprint density at radius 1 is 1.26 bits per heavy atom. The molecule has 146 valence electrons. The lowest BCUT2D eigenvalue weighted by Gasteiger charge is -2.20. The molecule has 1 aliphatic heterocycles. The molecule has 1 aromatic rings. The molecule has 3 amide bonds. The lowest BCUT2D eigenvalue weighted by atomic mass is 10.1. The molecule has 27 heavy (non-hydrogen) atoms. The normalized spacial score (nSPS) is 13.4. The van der Waals surface area contributed by atoms with Gasteiger partial charge < -0.3 is 15.0 Å². The Hall–Kier alpha value is -3.17. The molecule has 0 radical (unpaired) electrons. The maximum atomic E-state index is 12.4. The van der Waals surface area contributed by atoms with Crippen LogP contribution in [0, 0.1) is 10.1 Å². The zero-order valence-corrected chi connectivity index (χ0v) is 15.2. The number of nitrogens with one attached hydrogen (secondary N) is 2. The van der Waals surface area contributed by atoms with Crippen LogP contribution in [0.15, 0.2) is 18.2 Å². The molecule has 1 fully saturated rings. The molecule has 0 spiro atoms. The number of hydrogen-bond acceptors (Lipinski definition) is 7. The summed E-state index contributed by atoms with van der Waals surface area (Å²) in [5.74, 6) is -1.66. The third kappa shape index (κ3) is 5.66. The molecule has 0 bridgehead atoms. The van der Waals surface area contributed by atoms with E-state index >= 15 is 0 Å². The van der Waals surface area contributed by atoms with Gasteiger partial charge in [0.25, 0.3) is 11.6 Å². The largest absolute Gasteiger partial charge is 0.452 e. The second-order valence-corrected chi connectivity index (χ2v) is 6.41. The Balaban J connectivity index is 2.07. The Labute approximate surface area is 156 Å². The number of nitro benzene ring substituents is 1. The second kappa shape index (κ2) is 8.97. The van der Waals surface area contributed by atoms with Gasteiger partial charge in [-0.15, -0.1) is 0 Å². The highest BCUT2D eigenvalue weighted by molar-refractivity contribution is 5.99. The fraction of sp³-hybridized carbons (Fsp3) is 0.471. The molecule has 1 aliphatic rings. The summed E-state index contributed by atoms with van der Waals surface area (Å²) in [7, 11) is 0. The minimum Gasteiger partial charge on any atom is -0.452 e. The van der Waals surface area contributed by atoms with Crippen LogP contribution in [0.5, 0.6) is 0 Å². The van der Waals surface area contributed by atoms with Gasteiger partial charge in [-0.1, -0.05) is 0 Å². The number of esters is 1. The molecule has 0 saturated carbocycles. The maximum absolute atomic E-state index is 12.4. The highest BCUT2D eigenvalue weighted by atomic mass is 16.6. The van der Waals surface area contributed by atoms with E-state index in [9.17, 15) is 24.5 Å². The third-order valence-electron chi connectivity index (χ3n) is 3.86. The molecule has 1 aromatic carbocycles. The van der Waals surface area contributed by atoms with E-state index in [1.54, 1.807) is 13.8 Å². The molecule has 0 atom stereocenters. The van der Waals surface area contributed by atoms with Crippen LogP contribution in [0.1, 0.15) is 37.0 Å². The average molecular weight is 378 g/mol. The summed E-state index contributed by atoms with van der Waals surface area (Å²) in [6, 6.07) is 3.12. The first-order valence-corrected chi connectivity index (χ1v) is 8.58. The van der Waals surface area contributed by atoms with Crippen molar-refractivity contribution in [1.82, 2.24) is 10.6 Å². The van der Waals surface area contributed by atoms with Crippen LogP contribution in [0.4, 0.5) is 16.2 Å². The first kappa shape index (κ1) is 20.1. The van der Waals surface area contributed by atoms with Gasteiger partial charge >= 0.3 is 12.0 Å². The summed E-state index contributed by atoms with van der Waals surface area (Å²) >= 11 is 0. The van der Waals surface area contributed by atoms with Gasteiger partial charge in [-0.2, -0.15) is 0 Å². The van der Waals surface area contributed by atoms with Gasteiger partial charge in [0, 0.05) is 31.3 Å². The van der Waals surface area contributed by atoms with E-state index in [4.69, 9.17) is 4.74 Å². The lowest BCUT2D eigenvalue weighted by Crippen LogP contribution is -2.44. The van der Waals surface area contributed by atoms with Crippen LogP contribution in [-0.4, -0.2) is 48.6 Å². The Morgan fingerprint density at radius 2 is 1.93 bits per heavy atom. The summed E-state index contributed by atoms with van der Waals surface area (Å²) in [5, 5.41) is 15.5. The van der Waals surface area contributed by atoms with Gasteiger partial charge in [-0.3, -0.25) is 20.2 Å². The van der Waals surface area contributed by atoms with Crippen molar-refractivity contribution >= 4 is 29.3 Å². The van der Waals surface area contributed by atoms with Crippen molar-refractivity contribution in [2.75, 3.05) is 24.6 Å². The minimum atomic E-state index is -0.861. The van der Waals surface area contributed by atoms with Crippen LogP contribution < -0.4 is 15.5 Å². The molecule has 1 heterocycles. The molecule has 2 N–H and O–H groups in total. The van der Waals surface area contributed by atoms with Gasteiger partial charge in [-0.05, 0) is 32.8 Å². The van der Waals surface area contributed by atoms with Gasteiger partial charge in [0.05, 0.1) is 16.2 Å². The lowest BCUT2D eigenvalue weighted by molar-refractivity contribution is -0.384. The molecule has 2 rings (SSSR count). The third-order valence-corrected chi connectivity index (χ3v) is 3.86. The quantitative estimate of drug-likeness (QED) is 0.436. The molecular formula is C17H22N4O6. The predicted molar refractivity (Wildman–Crippen MR) is 96.6 cm³/mol. The number of rotatable bonds is 6. The monoisotopic (exact) mass is 378 g/mol. The van der Waals surface area contributed by atoms with Gasteiger partial charge in [0.1, 0.15) is 0 Å². The molecular weight excluding hydrogens is 356 g/mol. The van der Waals surface area contributed by atoms with Crippen molar-refractivity contribution in [2.45, 2.75) is 32.7 Å². The molecule has 0 aliphatic carbocycles. The van der Waals surface area contributed by atoms with Crippen molar-refractivity contribution in [3.05, 3.63) is 33.9 Å². The number of imide groups is 1. The Kier molecular flexibility index (Phi) is 6.69. The van der Waals surface area contributed by atoms with Crippen LogP contribution in [0.3, 0.4) is 0 Å². The zero-order valence-electron chi connectivity index (χ0n) is 15.2. The topological polar surface area (TPSA) is 131 Å². The van der Waals surface area contributed by atoms with Crippen LogP contribution in [0.25, 0.3) is 0 Å². The maximum Gasteiger partial charge on any atom is 0.341 e. The number of nitrogens with zero attached hydrogens (tertiary/aromatic N) is 2. The predicted octanol–water partition coefficient (Wildman–Crippen LogP) is 1.59. The van der Waals surface area contributed by atoms with Crippen LogP contribution in [0.2, 0.25) is 0 Å². The SMILES string of the molecule is CC(C)NC(=O)NC(=O)COC(=O)c1cc([N+](=O)[O-])ccc1N1CCCC1. The first-order chi connectivity index (χ1) is 12.8. The molecule has 0 unspecified atom stereocenters. The number of hydrogen-bond donors (Lipinski definition) is 2. The van der Waals surface area contributed by atoms with Crippen LogP contribution >= 0.6 is 0 Å². The fourth-order valence-corrected chi connectivity index (χ4v) is 2.70. The molecule has 0 aromatic heterocycles. The standard InChI is InChI=1S/C17H22N4O6/c1-11(2)18-17(24)19-15(22)10-27-16(23)13-9-12(21(25)26)5-6-14(13)20-7-3-4-8-20/h5-6,9,11H,3-4,7-8,10H2,1-2H3,(H2,18,19,22,24). The van der Waals surface area contributed by atoms with Crippen molar-refractivity contribution < 1.29 is 24.0 Å². The van der Waals surface area contributed by atoms with Crippen LogP contribution in [-0.2, 0) is 9.53 Å². The number of amides is 3. The van der Waals surface area contributed by atoms with E-state index in [0.717, 1.165) is 32.0 Å². The number of benzene rings is 1. The van der Waals surface area contributed by atoms with Gasteiger partial charge in [0.15, 0.2) is 6.61 Å². The number of ether oxygens (including phenoxy) is 1. The van der Waals surface area contributed by atoms with Crippen molar-refractivity contribution in [1.29, 1.82) is 0 Å². The number of carbonyl (C=O) groups excluding carboxylic acids is 3. The molecule has 10 heteroatoms. The van der Waals surface area contributed by atoms with E-state index in [2.05, 4.69) is 5.32 Å². The number of carbonyl (C=O) groups is 3. The van der Waals surface area contributed by atoms with Gasteiger partial charge in [0.2, 0.25) is 0 Å². The number of urea groups is 1. The van der Waals surface area contributed by atoms with E-state index in [1.165, 1.54) is 12.1 Å². The molecule has 10 nitrogen and oxygen atoms in total. The van der Waals surface area contributed by atoms with E-state index < -0.39 is 29.4 Å². The number of nitro groups is 1. The number of anilines is 1. The zero-order chi connectivity index (χ0) is 20.0. The van der Waals surface area contributed by atoms with Crippen molar-refractivity contribution in [3.8, 4) is 0 Å². The summed E-state index contributed by atoms with van der Waals surface area (Å²) < 4.78 is 4.95. The smallest absolute Gasteiger partial charge is 0.341 e. The highest BCUT2D eigenvalue weighted by Gasteiger charge is 2.24. The van der Waals surface area contributed by atoms with Gasteiger partial charge in [-0.25, -0.2) is 9.59 Å². The minimum absolute atomic E-state index is 0.0190. The van der Waals surface area contributed by atoms with E-state index in [-0.39, 0.29) is 17.3 Å².